The van der Waals surface area contributed by atoms with Gasteiger partial charge in [-0.25, -0.2) is 15.4 Å². The zero-order valence-corrected chi connectivity index (χ0v) is 14.0. The highest BCUT2D eigenvalue weighted by atomic mass is 16.5. The number of H-pyrrole nitrogens is 1. The van der Waals surface area contributed by atoms with E-state index in [1.54, 1.807) is 45.4 Å². The van der Waals surface area contributed by atoms with Crippen molar-refractivity contribution in [2.24, 2.45) is 5.10 Å². The van der Waals surface area contributed by atoms with E-state index < -0.39 is 0 Å². The van der Waals surface area contributed by atoms with Gasteiger partial charge in [-0.05, 0) is 36.8 Å². The maximum Gasteiger partial charge on any atom is 0.273 e. The number of hydrazone groups is 1. The van der Waals surface area contributed by atoms with Gasteiger partial charge in [-0.3, -0.25) is 4.79 Å². The summed E-state index contributed by atoms with van der Waals surface area (Å²) in [6, 6.07) is 6.94. The molecule has 0 saturated carbocycles. The molecule has 8 nitrogen and oxygen atoms in total. The molecular weight excluding hydrogens is 322 g/mol. The van der Waals surface area contributed by atoms with Gasteiger partial charge in [0.25, 0.3) is 5.91 Å². The Morgan fingerprint density at radius 3 is 2.80 bits per heavy atom. The molecule has 0 aliphatic carbocycles. The molecule has 2 aromatic heterocycles. The van der Waals surface area contributed by atoms with Crippen molar-refractivity contribution >= 4 is 23.3 Å². The molecule has 1 aromatic carbocycles. The molecule has 0 radical (unpaired) electrons. The fourth-order valence-corrected chi connectivity index (χ4v) is 2.37. The Kier molecular flexibility index (Phi) is 4.60. The van der Waals surface area contributed by atoms with Crippen molar-refractivity contribution in [3.8, 4) is 11.5 Å². The molecule has 25 heavy (non-hydrogen) atoms. The predicted molar refractivity (Wildman–Crippen MR) is 93.2 cm³/mol. The number of carbonyl (C=O) groups excluding carboxylic acids is 1. The first kappa shape index (κ1) is 16.4. The first-order chi connectivity index (χ1) is 12.1. The number of pyridine rings is 1. The lowest BCUT2D eigenvalue weighted by Gasteiger charge is -2.07. The number of aryl methyl sites for hydroxylation is 1. The smallest absolute Gasteiger partial charge is 0.273 e. The van der Waals surface area contributed by atoms with Crippen molar-refractivity contribution in [1.29, 1.82) is 0 Å². The Bertz CT molecular complexity index is 949. The van der Waals surface area contributed by atoms with Crippen LogP contribution in [0.5, 0.6) is 11.5 Å². The molecule has 0 bridgehead atoms. The van der Waals surface area contributed by atoms with E-state index in [1.165, 1.54) is 12.4 Å². The molecule has 0 aliphatic heterocycles. The van der Waals surface area contributed by atoms with E-state index in [2.05, 4.69) is 25.5 Å². The summed E-state index contributed by atoms with van der Waals surface area (Å²) < 4.78 is 10.4. The quantitative estimate of drug-likeness (QED) is 0.547. The van der Waals surface area contributed by atoms with Crippen molar-refractivity contribution in [2.75, 3.05) is 14.2 Å². The summed E-state index contributed by atoms with van der Waals surface area (Å²) in [5, 5.41) is 3.99. The molecule has 8 heteroatoms. The van der Waals surface area contributed by atoms with Gasteiger partial charge in [0.1, 0.15) is 5.82 Å². The average molecular weight is 339 g/mol. The highest BCUT2D eigenvalue weighted by Gasteiger charge is 2.12. The molecule has 0 aliphatic rings. The minimum atomic E-state index is -0.354. The van der Waals surface area contributed by atoms with Crippen LogP contribution in [-0.4, -0.2) is 41.3 Å². The van der Waals surface area contributed by atoms with Crippen LogP contribution >= 0.6 is 0 Å². The van der Waals surface area contributed by atoms with Gasteiger partial charge in [0.05, 0.1) is 31.5 Å². The van der Waals surface area contributed by atoms with Crippen molar-refractivity contribution in [2.45, 2.75) is 6.92 Å². The lowest BCUT2D eigenvalue weighted by atomic mass is 10.2. The maximum absolute atomic E-state index is 12.3. The van der Waals surface area contributed by atoms with Gasteiger partial charge < -0.3 is 14.5 Å². The summed E-state index contributed by atoms with van der Waals surface area (Å²) in [6.07, 6.45) is 3.06. The van der Waals surface area contributed by atoms with Crippen LogP contribution in [0.3, 0.4) is 0 Å². The number of benzene rings is 1. The number of hydrogen-bond acceptors (Lipinski definition) is 6. The number of aromatic nitrogens is 3. The highest BCUT2D eigenvalue weighted by Crippen LogP contribution is 2.26. The highest BCUT2D eigenvalue weighted by molar-refractivity contribution is 6.04. The number of fused-ring (bicyclic) bond motifs is 1. The third-order valence-electron chi connectivity index (χ3n) is 3.54. The van der Waals surface area contributed by atoms with Gasteiger partial charge in [-0.1, -0.05) is 0 Å². The van der Waals surface area contributed by atoms with Gasteiger partial charge in [0.2, 0.25) is 0 Å². The normalized spacial score (nSPS) is 11.0. The van der Waals surface area contributed by atoms with Crippen molar-refractivity contribution < 1.29 is 14.3 Å². The molecular formula is C17H17N5O3. The molecule has 1 amide bonds. The molecule has 3 aromatic rings. The monoisotopic (exact) mass is 339 g/mol. The number of rotatable bonds is 5. The predicted octanol–water partition coefficient (Wildman–Crippen LogP) is 2.05. The fourth-order valence-electron chi connectivity index (χ4n) is 2.37. The molecule has 0 fully saturated rings. The van der Waals surface area contributed by atoms with E-state index >= 15 is 0 Å². The van der Waals surface area contributed by atoms with Crippen LogP contribution in [0, 0.1) is 6.92 Å². The lowest BCUT2D eigenvalue weighted by Crippen LogP contribution is -2.18. The molecule has 128 valence electrons. The van der Waals surface area contributed by atoms with Crippen LogP contribution < -0.4 is 14.9 Å². The number of methoxy groups -OCH3 is 2. The van der Waals surface area contributed by atoms with E-state index in [0.717, 1.165) is 5.56 Å². The van der Waals surface area contributed by atoms with Gasteiger partial charge in [-0.2, -0.15) is 5.10 Å². The molecule has 2 N–H and O–H groups in total. The minimum Gasteiger partial charge on any atom is -0.493 e. The second kappa shape index (κ2) is 7.00. The average Bonchev–Trinajstić information content (AvgIpc) is 3.01. The van der Waals surface area contributed by atoms with Crippen molar-refractivity contribution in [1.82, 2.24) is 20.4 Å². The van der Waals surface area contributed by atoms with Crippen LogP contribution in [0.15, 0.2) is 35.6 Å². The first-order valence-corrected chi connectivity index (χ1v) is 7.49. The topological polar surface area (TPSA) is 101 Å². The molecule has 3 rings (SSSR count). The van der Waals surface area contributed by atoms with E-state index in [-0.39, 0.29) is 5.91 Å². The Hall–Kier alpha value is -3.42. The van der Waals surface area contributed by atoms with Gasteiger partial charge in [0.15, 0.2) is 17.1 Å². The number of hydrogen-bond donors (Lipinski definition) is 2. The largest absolute Gasteiger partial charge is 0.493 e. The molecule has 0 unspecified atom stereocenters. The SMILES string of the molecule is COc1ccc(/C=N\NC(=O)c2ccnc3nc(C)[nH]c23)cc1OC. The van der Waals surface area contributed by atoms with Crippen LogP contribution in [-0.2, 0) is 0 Å². The second-order valence-corrected chi connectivity index (χ2v) is 5.19. The molecule has 0 atom stereocenters. The van der Waals surface area contributed by atoms with Gasteiger partial charge in [0, 0.05) is 6.20 Å². The van der Waals surface area contributed by atoms with Crippen LogP contribution in [0.2, 0.25) is 0 Å². The molecule has 2 heterocycles. The summed E-state index contributed by atoms with van der Waals surface area (Å²) in [4.78, 5) is 23.7. The first-order valence-electron chi connectivity index (χ1n) is 7.49. The summed E-state index contributed by atoms with van der Waals surface area (Å²) in [6.45, 7) is 1.80. The third kappa shape index (κ3) is 3.42. The number of nitrogens with one attached hydrogen (secondary N) is 2. The maximum atomic E-state index is 12.3. The zero-order valence-electron chi connectivity index (χ0n) is 14.0. The van der Waals surface area contributed by atoms with Crippen LogP contribution in [0.25, 0.3) is 11.2 Å². The van der Waals surface area contributed by atoms with Crippen LogP contribution in [0.4, 0.5) is 0 Å². The summed E-state index contributed by atoms with van der Waals surface area (Å²) in [5.41, 5.74) is 4.76. The lowest BCUT2D eigenvalue weighted by molar-refractivity contribution is 0.0956. The summed E-state index contributed by atoms with van der Waals surface area (Å²) in [7, 11) is 3.13. The Morgan fingerprint density at radius 1 is 1.24 bits per heavy atom. The number of nitrogens with zero attached hydrogens (tertiary/aromatic N) is 3. The number of amides is 1. The number of carbonyl (C=O) groups is 1. The number of imidazole rings is 1. The minimum absolute atomic E-state index is 0.354. The van der Waals surface area contributed by atoms with Crippen LogP contribution in [0.1, 0.15) is 21.7 Å². The Labute approximate surface area is 143 Å². The standard InChI is InChI=1S/C17H17N5O3/c1-10-20-15-12(6-7-18-16(15)21-10)17(23)22-19-9-11-4-5-13(24-2)14(8-11)25-3/h4-9H,1-3H3,(H,22,23)(H,18,20,21)/b19-9-. The molecule has 0 saturated heterocycles. The summed E-state index contributed by atoms with van der Waals surface area (Å²) >= 11 is 0. The van der Waals surface area contributed by atoms with Gasteiger partial charge >= 0.3 is 0 Å². The van der Waals surface area contributed by atoms with E-state index in [1.807, 2.05) is 0 Å². The number of ether oxygens (including phenoxy) is 2. The third-order valence-corrected chi connectivity index (χ3v) is 3.54. The van der Waals surface area contributed by atoms with Crippen molar-refractivity contribution in [3.63, 3.8) is 0 Å². The van der Waals surface area contributed by atoms with E-state index in [9.17, 15) is 4.79 Å². The van der Waals surface area contributed by atoms with Gasteiger partial charge in [-0.15, -0.1) is 0 Å². The van der Waals surface area contributed by atoms with E-state index in [0.29, 0.717) is 34.1 Å². The molecule has 0 spiro atoms. The van der Waals surface area contributed by atoms with Crippen molar-refractivity contribution in [3.05, 3.63) is 47.4 Å². The fraction of sp³-hybridized carbons (Fsp3) is 0.176. The Morgan fingerprint density at radius 2 is 2.04 bits per heavy atom. The second-order valence-electron chi connectivity index (χ2n) is 5.19. The summed E-state index contributed by atoms with van der Waals surface area (Å²) in [5.74, 6) is 1.54. The zero-order chi connectivity index (χ0) is 17.8. The number of aromatic amines is 1. The van der Waals surface area contributed by atoms with E-state index in [4.69, 9.17) is 9.47 Å². The Balaban J connectivity index is 1.76.